The maximum atomic E-state index is 9.78. The minimum Gasteiger partial charge on any atom is -0.456 e. The van der Waals surface area contributed by atoms with E-state index in [9.17, 15) is 9.60 Å². The quantitative estimate of drug-likeness (QED) is 0.170. The molecule has 23 aromatic rings. The summed E-state index contributed by atoms with van der Waals surface area (Å²) in [7, 11) is 0. The first-order chi connectivity index (χ1) is 58.8. The molecule has 0 aliphatic heterocycles. The molecule has 0 aliphatic carbocycles. The molecule has 0 saturated heterocycles. The number of hydrogen-bond donors (Lipinski definition) is 0. The Kier molecular flexibility index (Phi) is 7.99. The highest BCUT2D eigenvalue weighted by Crippen LogP contribution is 2.47. The summed E-state index contributed by atoms with van der Waals surface area (Å²) in [5, 5.41) is 6.89. The molecule has 15 aromatic carbocycles. The lowest BCUT2D eigenvalue weighted by Crippen LogP contribution is -2.03. The highest BCUT2D eigenvalue weighted by Gasteiger charge is 2.25. The lowest BCUT2D eigenvalue weighted by molar-refractivity contribution is 0.669. The molecule has 10 heteroatoms. The predicted molar refractivity (Wildman–Crippen MR) is 415 cm³/mol. The summed E-state index contributed by atoms with van der Waals surface area (Å²) in [6.07, 6.45) is 0. The summed E-state index contributed by atoms with van der Waals surface area (Å²) >= 11 is 1.73. The first-order valence-corrected chi connectivity index (χ1v) is 32.7. The highest BCUT2D eigenvalue weighted by molar-refractivity contribution is 7.26. The lowest BCUT2D eigenvalue weighted by atomic mass is 10.0. The molecule has 0 saturated carbocycles. The van der Waals surface area contributed by atoms with Crippen molar-refractivity contribution >= 4 is 184 Å². The van der Waals surface area contributed by atoms with Crippen molar-refractivity contribution in [3.63, 3.8) is 0 Å². The number of furan rings is 2. The molecular weight excluding hydrogens is 1240 g/mol. The number of hydrogen-bond acceptors (Lipinski definition) is 7. The second kappa shape index (κ2) is 21.1. The predicted octanol–water partition coefficient (Wildman–Crippen LogP) is 24.4. The zero-order valence-corrected chi connectivity index (χ0v) is 52.4. The molecule has 464 valence electrons. The SMILES string of the molecule is [2H]c1c(-c2nc(-n3c4ccccc4c4c5sc6ccccc6c5ccc43)nc3ccccc23)c([2H])c2c(oc3c([2H])c4c([2H])c([2H])c([2H])c([2H])c4c([2H])c32)c1[2H].[2H]c1c([2H])c([2H])c2c(-c3c([2H])c([2H])c4oc5c([2H])c6c([2H])c([2H])c([2H])c([2H])c6c([2H])c5c4c3[2H])nc(-n3c4ccccc4c4c5c6ccccc6n(-c6ccccc6)c5ccc43)nc2c1[2H]. The minimum atomic E-state index is -0.629. The number of nitrogens with zero attached hydrogens (tertiary/aromatic N) is 7. The van der Waals surface area contributed by atoms with Crippen LogP contribution in [0.15, 0.2) is 318 Å². The third kappa shape index (κ3) is 8.10. The molecule has 0 unspecified atom stereocenters. The van der Waals surface area contributed by atoms with Crippen LogP contribution in [0.5, 0.6) is 0 Å². The zero-order valence-electron chi connectivity index (χ0n) is 73.6. The Labute approximate surface area is 603 Å². The van der Waals surface area contributed by atoms with Gasteiger partial charge in [-0.05, 0) is 149 Å². The van der Waals surface area contributed by atoms with Gasteiger partial charge in [0.25, 0.3) is 0 Å². The van der Waals surface area contributed by atoms with E-state index in [0.29, 0.717) is 27.9 Å². The minimum absolute atomic E-state index is 0.00120. The fraction of sp³-hybridized carbons (Fsp3) is 0. The van der Waals surface area contributed by atoms with E-state index in [1.54, 1.807) is 22.0 Å². The molecule has 0 bridgehead atoms. The van der Waals surface area contributed by atoms with Gasteiger partial charge in [-0.2, -0.15) is 0 Å². The molecule has 100 heavy (non-hydrogen) atoms. The number of benzene rings is 15. The van der Waals surface area contributed by atoms with Gasteiger partial charge in [-0.25, -0.2) is 19.9 Å². The maximum Gasteiger partial charge on any atom is 0.235 e. The Bertz CT molecular complexity index is 8840. The Morgan fingerprint density at radius 2 is 0.740 bits per heavy atom. The molecule has 0 amide bonds. The van der Waals surface area contributed by atoms with E-state index in [0.717, 1.165) is 70.2 Å². The van der Waals surface area contributed by atoms with Crippen LogP contribution in [-0.2, 0) is 0 Å². The smallest absolute Gasteiger partial charge is 0.235 e. The number of para-hydroxylation sites is 6. The molecule has 8 heterocycles. The summed E-state index contributed by atoms with van der Waals surface area (Å²) in [5.41, 5.74) is 4.77. The second-order valence-electron chi connectivity index (χ2n) is 24.2. The Morgan fingerprint density at radius 1 is 0.290 bits per heavy atom. The summed E-state index contributed by atoms with van der Waals surface area (Å²) in [6, 6.07) is 46.4. The third-order valence-corrected chi connectivity index (χ3v) is 19.9. The normalized spacial score (nSPS) is 15.3. The monoisotopic (exact) mass is 1320 g/mol. The summed E-state index contributed by atoms with van der Waals surface area (Å²) in [4.78, 5) is 20.0. The van der Waals surface area contributed by atoms with Crippen molar-refractivity contribution in [1.29, 1.82) is 0 Å². The van der Waals surface area contributed by atoms with Crippen molar-refractivity contribution in [3.8, 4) is 40.1 Å². The molecule has 8 aromatic heterocycles. The van der Waals surface area contributed by atoms with E-state index in [1.807, 2.05) is 132 Å². The van der Waals surface area contributed by atoms with E-state index in [-0.39, 0.29) is 123 Å². The first-order valence-electron chi connectivity index (χ1n) is 42.9. The summed E-state index contributed by atoms with van der Waals surface area (Å²) in [5.74, 6) is 0.239. The molecule has 0 N–H and O–H groups in total. The van der Waals surface area contributed by atoms with Gasteiger partial charge in [0.15, 0.2) is 0 Å². The van der Waals surface area contributed by atoms with Gasteiger partial charge in [-0.15, -0.1) is 11.3 Å². The fourth-order valence-corrected chi connectivity index (χ4v) is 15.7. The number of fused-ring (bicyclic) bond motifs is 24. The second-order valence-corrected chi connectivity index (χ2v) is 25.2. The molecule has 0 aliphatic rings. The lowest BCUT2D eigenvalue weighted by Gasteiger charge is -2.12. The van der Waals surface area contributed by atoms with Crippen LogP contribution in [0.4, 0.5) is 0 Å². The van der Waals surface area contributed by atoms with Gasteiger partial charge >= 0.3 is 0 Å². The standard InChI is InChI=1S/C48H28N4O.C42H23N3OS/c1-2-14-32(15-3-1)51-39-20-10-7-17-34(39)45-41(51)23-24-42-46(45)35-18-8-11-21-40(35)52(42)48-49-38-19-9-6-16-33(38)47(50-48)31-22-25-43-36(27-31)37-26-29-12-4-5-13-30(29)28-44(37)53-43;1-2-10-25-23-37-32(21-24(25)9-1)31-22-26(17-20-36(31)46-37)40-29-12-3-6-14-33(29)43-42(44-40)45-34-15-7-4-13-30(34)39-35(45)19-18-28-27-11-5-8-16-38(27)47-41(28)39/h1-28H;1-23H/i4D,5D,6D,9D,12D,13D,16D,19D,22D,25D,26D,27D,28D;1D,2D,9D,10D,17D,20D,21D,22D,23D. The number of aromatic nitrogens is 7. The van der Waals surface area contributed by atoms with E-state index in [4.69, 9.17) is 49.3 Å². The van der Waals surface area contributed by atoms with Crippen LogP contribution in [0.1, 0.15) is 30.2 Å². The van der Waals surface area contributed by atoms with Gasteiger partial charge in [0, 0.05) is 102 Å². The van der Waals surface area contributed by atoms with Gasteiger partial charge in [0.05, 0.1) is 85.7 Å². The molecule has 0 spiro atoms. The van der Waals surface area contributed by atoms with Crippen molar-refractivity contribution in [1.82, 2.24) is 33.6 Å². The largest absolute Gasteiger partial charge is 0.456 e. The van der Waals surface area contributed by atoms with Crippen molar-refractivity contribution < 1.29 is 39.0 Å². The number of rotatable bonds is 5. The Morgan fingerprint density at radius 3 is 1.36 bits per heavy atom. The van der Waals surface area contributed by atoms with Crippen LogP contribution >= 0.6 is 11.3 Å². The molecular formula is C90H51N7O2S. The van der Waals surface area contributed by atoms with Crippen LogP contribution in [0.25, 0.3) is 213 Å². The van der Waals surface area contributed by atoms with Crippen molar-refractivity contribution in [2.45, 2.75) is 0 Å². The molecule has 0 atom stereocenters. The highest BCUT2D eigenvalue weighted by atomic mass is 32.1. The van der Waals surface area contributed by atoms with Gasteiger partial charge in [-0.1, -0.05) is 182 Å². The third-order valence-electron chi connectivity index (χ3n) is 18.7. The van der Waals surface area contributed by atoms with E-state index < -0.39 is 115 Å². The summed E-state index contributed by atoms with van der Waals surface area (Å²) in [6.45, 7) is 0. The summed E-state index contributed by atoms with van der Waals surface area (Å²) < 4.78 is 216. The average molecular weight is 1320 g/mol. The van der Waals surface area contributed by atoms with Crippen molar-refractivity contribution in [3.05, 3.63) is 309 Å². The van der Waals surface area contributed by atoms with E-state index in [2.05, 4.69) is 47.0 Å². The molecule has 23 rings (SSSR count). The first kappa shape index (κ1) is 37.9. The molecule has 0 radical (unpaired) electrons. The van der Waals surface area contributed by atoms with Crippen molar-refractivity contribution in [2.24, 2.45) is 0 Å². The van der Waals surface area contributed by atoms with Crippen molar-refractivity contribution in [2.75, 3.05) is 0 Å². The maximum absolute atomic E-state index is 9.78. The van der Waals surface area contributed by atoms with Crippen LogP contribution in [0.2, 0.25) is 0 Å². The van der Waals surface area contributed by atoms with Gasteiger partial charge < -0.3 is 13.4 Å². The number of thiophene rings is 1. The van der Waals surface area contributed by atoms with E-state index in [1.165, 1.54) is 10.1 Å². The van der Waals surface area contributed by atoms with Gasteiger partial charge in [-0.3, -0.25) is 9.13 Å². The fourth-order valence-electron chi connectivity index (χ4n) is 14.5. The van der Waals surface area contributed by atoms with Crippen LogP contribution in [0, 0.1) is 0 Å². The van der Waals surface area contributed by atoms with E-state index >= 15 is 0 Å². The van der Waals surface area contributed by atoms with Gasteiger partial charge in [0.1, 0.15) is 22.3 Å². The van der Waals surface area contributed by atoms with Crippen LogP contribution < -0.4 is 0 Å². The van der Waals surface area contributed by atoms with Crippen LogP contribution in [0.3, 0.4) is 0 Å². The van der Waals surface area contributed by atoms with Crippen LogP contribution in [-0.4, -0.2) is 33.6 Å². The average Bonchev–Trinajstić information content (AvgIpc) is 1.48. The topological polar surface area (TPSA) is 92.6 Å². The Balaban J connectivity index is 0.000000148. The Hall–Kier alpha value is -13.3. The van der Waals surface area contributed by atoms with Gasteiger partial charge in [0.2, 0.25) is 11.9 Å². The zero-order chi connectivity index (χ0) is 84.4. The molecule has 9 nitrogen and oxygen atoms in total. The molecule has 0 fully saturated rings.